The van der Waals surface area contributed by atoms with Crippen LogP contribution in [0.4, 0.5) is 19.1 Å². The van der Waals surface area contributed by atoms with Crippen molar-refractivity contribution in [3.05, 3.63) is 78.1 Å². The summed E-state index contributed by atoms with van der Waals surface area (Å²) in [6, 6.07) is 20.9. The standard InChI is InChI=1S/C28H27F3N2O/c1-18(33-13-11-28(30,31)12-14-33)19-3-5-20(6-4-19)22-15-23-17-26(32-2)34-27(23)25(16-22)21-7-9-24(29)10-8-21/h3-10,15-18,32H,11-14H2,1-2H3. The van der Waals surface area contributed by atoms with Crippen molar-refractivity contribution in [2.75, 3.05) is 25.5 Å². The highest BCUT2D eigenvalue weighted by Gasteiger charge is 2.35. The average molecular weight is 465 g/mol. The predicted octanol–water partition coefficient (Wildman–Crippen LogP) is 7.74. The maximum atomic E-state index is 13.5. The van der Waals surface area contributed by atoms with E-state index in [-0.39, 0.29) is 24.7 Å². The van der Waals surface area contributed by atoms with Crippen LogP contribution in [0.2, 0.25) is 0 Å². The Labute approximate surface area is 197 Å². The third-order valence-electron chi connectivity index (χ3n) is 6.82. The number of piperidine rings is 1. The van der Waals surface area contributed by atoms with Gasteiger partial charge in [-0.15, -0.1) is 0 Å². The molecule has 0 aliphatic carbocycles. The monoisotopic (exact) mass is 464 g/mol. The number of alkyl halides is 2. The van der Waals surface area contributed by atoms with E-state index >= 15 is 0 Å². The summed E-state index contributed by atoms with van der Waals surface area (Å²) < 4.78 is 46.6. The van der Waals surface area contributed by atoms with Gasteiger partial charge < -0.3 is 9.73 Å². The van der Waals surface area contributed by atoms with E-state index in [2.05, 4.69) is 53.5 Å². The van der Waals surface area contributed by atoms with Crippen molar-refractivity contribution < 1.29 is 17.6 Å². The number of hydrogen-bond acceptors (Lipinski definition) is 3. The van der Waals surface area contributed by atoms with Gasteiger partial charge in [-0.25, -0.2) is 13.2 Å². The van der Waals surface area contributed by atoms with Gasteiger partial charge in [0.1, 0.15) is 11.4 Å². The second-order valence-electron chi connectivity index (χ2n) is 9.00. The number of likely N-dealkylation sites (tertiary alicyclic amines) is 1. The van der Waals surface area contributed by atoms with Gasteiger partial charge in [0, 0.05) is 56.0 Å². The van der Waals surface area contributed by atoms with Gasteiger partial charge >= 0.3 is 0 Å². The van der Waals surface area contributed by atoms with E-state index in [1.165, 1.54) is 12.1 Å². The number of nitrogens with zero attached hydrogens (tertiary/aromatic N) is 1. The third kappa shape index (κ3) is 4.42. The molecule has 1 aliphatic heterocycles. The van der Waals surface area contributed by atoms with Crippen molar-refractivity contribution in [2.24, 2.45) is 0 Å². The minimum absolute atomic E-state index is 0.0782. The van der Waals surface area contributed by atoms with Crippen LogP contribution in [0.15, 0.2) is 71.1 Å². The van der Waals surface area contributed by atoms with Gasteiger partial charge in [0.15, 0.2) is 5.88 Å². The summed E-state index contributed by atoms with van der Waals surface area (Å²) in [5.74, 6) is -2.17. The SMILES string of the molecule is CNc1cc2cc(-c3ccc(C(C)N4CCC(F)(F)CC4)cc3)cc(-c3ccc(F)cc3)c2o1. The van der Waals surface area contributed by atoms with Crippen molar-refractivity contribution in [2.45, 2.75) is 31.7 Å². The molecule has 1 N–H and O–H groups in total. The predicted molar refractivity (Wildman–Crippen MR) is 131 cm³/mol. The van der Waals surface area contributed by atoms with Gasteiger partial charge in [-0.2, -0.15) is 0 Å². The van der Waals surface area contributed by atoms with Crippen LogP contribution in [0.3, 0.4) is 0 Å². The topological polar surface area (TPSA) is 28.4 Å². The van der Waals surface area contributed by atoms with E-state index in [1.54, 1.807) is 19.2 Å². The van der Waals surface area contributed by atoms with Crippen LogP contribution >= 0.6 is 0 Å². The third-order valence-corrected chi connectivity index (χ3v) is 6.82. The highest BCUT2D eigenvalue weighted by molar-refractivity contribution is 5.98. The average Bonchev–Trinajstić information content (AvgIpc) is 3.27. The quantitative estimate of drug-likeness (QED) is 0.327. The highest BCUT2D eigenvalue weighted by atomic mass is 19.3. The number of anilines is 1. The molecule has 1 atom stereocenters. The van der Waals surface area contributed by atoms with Crippen LogP contribution in [0, 0.1) is 5.82 Å². The molecule has 0 bridgehead atoms. The number of furan rings is 1. The molecule has 1 aromatic heterocycles. The number of benzene rings is 3. The van der Waals surface area contributed by atoms with Crippen molar-refractivity contribution >= 4 is 16.9 Å². The molecule has 1 fully saturated rings. The van der Waals surface area contributed by atoms with Crippen molar-refractivity contribution in [1.82, 2.24) is 4.90 Å². The van der Waals surface area contributed by atoms with E-state index < -0.39 is 5.92 Å². The summed E-state index contributed by atoms with van der Waals surface area (Å²) in [6.07, 6.45) is -0.165. The van der Waals surface area contributed by atoms with E-state index in [9.17, 15) is 13.2 Å². The minimum atomic E-state index is -2.54. The molecule has 0 radical (unpaired) electrons. The second-order valence-corrected chi connectivity index (χ2v) is 9.00. The zero-order chi connectivity index (χ0) is 23.9. The van der Waals surface area contributed by atoms with E-state index in [1.807, 2.05) is 6.07 Å². The molecular formula is C28H27F3N2O. The molecule has 0 amide bonds. The van der Waals surface area contributed by atoms with Gasteiger partial charge in [-0.3, -0.25) is 4.90 Å². The fraction of sp³-hybridized carbons (Fsp3) is 0.286. The van der Waals surface area contributed by atoms with Gasteiger partial charge in [-0.1, -0.05) is 36.4 Å². The van der Waals surface area contributed by atoms with Gasteiger partial charge in [0.05, 0.1) is 0 Å². The summed E-state index contributed by atoms with van der Waals surface area (Å²) in [4.78, 5) is 2.12. The first-order valence-corrected chi connectivity index (χ1v) is 11.6. The molecule has 6 heteroatoms. The van der Waals surface area contributed by atoms with Crippen LogP contribution in [0.25, 0.3) is 33.2 Å². The molecule has 2 heterocycles. The number of halogens is 3. The number of hydrogen-bond donors (Lipinski definition) is 1. The first-order chi connectivity index (χ1) is 16.3. The molecule has 3 nitrogen and oxygen atoms in total. The molecule has 0 spiro atoms. The van der Waals surface area contributed by atoms with Crippen LogP contribution in [-0.2, 0) is 0 Å². The van der Waals surface area contributed by atoms with Crippen LogP contribution in [0.1, 0.15) is 31.4 Å². The molecule has 1 aliphatic rings. The molecule has 176 valence electrons. The molecule has 1 unspecified atom stereocenters. The maximum Gasteiger partial charge on any atom is 0.250 e. The lowest BCUT2D eigenvalue weighted by molar-refractivity contribution is -0.0620. The summed E-state index contributed by atoms with van der Waals surface area (Å²) in [5, 5.41) is 3.99. The Morgan fingerprint density at radius 1 is 0.882 bits per heavy atom. The summed E-state index contributed by atoms with van der Waals surface area (Å²) in [5.41, 5.74) is 5.67. The largest absolute Gasteiger partial charge is 0.440 e. The molecular weight excluding hydrogens is 437 g/mol. The van der Waals surface area contributed by atoms with E-state index in [0.29, 0.717) is 19.0 Å². The smallest absolute Gasteiger partial charge is 0.250 e. The fourth-order valence-corrected chi connectivity index (χ4v) is 4.69. The summed E-state index contributed by atoms with van der Waals surface area (Å²) in [7, 11) is 1.81. The lowest BCUT2D eigenvalue weighted by Gasteiger charge is -2.36. The Hall–Kier alpha value is -3.25. The normalized spacial score (nSPS) is 17.1. The molecule has 4 aromatic rings. The first kappa shape index (κ1) is 22.5. The molecule has 5 rings (SSSR count). The zero-order valence-electron chi connectivity index (χ0n) is 19.2. The van der Waals surface area contributed by atoms with Gasteiger partial charge in [-0.05, 0) is 53.4 Å². The van der Waals surface area contributed by atoms with Gasteiger partial charge in [0.25, 0.3) is 5.92 Å². The van der Waals surface area contributed by atoms with Crippen LogP contribution < -0.4 is 5.32 Å². The molecule has 0 saturated carbocycles. The van der Waals surface area contributed by atoms with E-state index in [4.69, 9.17) is 4.42 Å². The van der Waals surface area contributed by atoms with Crippen molar-refractivity contribution in [1.29, 1.82) is 0 Å². The number of fused-ring (bicyclic) bond motifs is 1. The lowest BCUT2D eigenvalue weighted by Crippen LogP contribution is -2.40. The Morgan fingerprint density at radius 2 is 1.53 bits per heavy atom. The summed E-state index contributed by atoms with van der Waals surface area (Å²) >= 11 is 0. The maximum absolute atomic E-state index is 13.5. The highest BCUT2D eigenvalue weighted by Crippen LogP contribution is 2.38. The molecule has 34 heavy (non-hydrogen) atoms. The minimum Gasteiger partial charge on any atom is -0.440 e. The fourth-order valence-electron chi connectivity index (χ4n) is 4.69. The molecule has 3 aromatic carbocycles. The zero-order valence-corrected chi connectivity index (χ0v) is 19.2. The Balaban J connectivity index is 1.47. The Kier molecular flexibility index (Phi) is 5.86. The van der Waals surface area contributed by atoms with Gasteiger partial charge in [0.2, 0.25) is 0 Å². The van der Waals surface area contributed by atoms with Crippen LogP contribution in [0.5, 0.6) is 0 Å². The van der Waals surface area contributed by atoms with Crippen molar-refractivity contribution in [3.8, 4) is 22.3 Å². The van der Waals surface area contributed by atoms with Crippen LogP contribution in [-0.4, -0.2) is 31.0 Å². The Bertz CT molecular complexity index is 1290. The first-order valence-electron chi connectivity index (χ1n) is 11.6. The molecule has 1 saturated heterocycles. The second kappa shape index (κ2) is 8.84. The lowest BCUT2D eigenvalue weighted by atomic mass is 9.95. The number of nitrogens with one attached hydrogen (secondary N) is 1. The number of rotatable bonds is 5. The summed E-state index contributed by atoms with van der Waals surface area (Å²) in [6.45, 7) is 2.88. The van der Waals surface area contributed by atoms with E-state index in [0.717, 1.165) is 38.8 Å². The van der Waals surface area contributed by atoms with Crippen molar-refractivity contribution in [3.63, 3.8) is 0 Å². The Morgan fingerprint density at radius 3 is 2.18 bits per heavy atom.